The normalized spacial score (nSPS) is 10.9. The summed E-state index contributed by atoms with van der Waals surface area (Å²) in [4.78, 5) is 10.2. The van der Waals surface area contributed by atoms with Crippen LogP contribution in [0.15, 0.2) is 0 Å². The zero-order chi connectivity index (χ0) is 11.0. The highest BCUT2D eigenvalue weighted by atomic mass is 16.4. The average Bonchev–Trinajstić information content (AvgIpc) is 2.10. The summed E-state index contributed by atoms with van der Waals surface area (Å²) in [5.74, 6) is -0.783. The number of nitrogens with one attached hydrogen (secondary N) is 1. The molecule has 4 nitrogen and oxygen atoms in total. The van der Waals surface area contributed by atoms with Crippen LogP contribution in [0.1, 0.15) is 33.1 Å². The summed E-state index contributed by atoms with van der Waals surface area (Å²) in [7, 11) is 0. The van der Waals surface area contributed by atoms with Crippen LogP contribution in [0, 0.1) is 16.7 Å². The lowest BCUT2D eigenvalue weighted by Crippen LogP contribution is -2.20. The van der Waals surface area contributed by atoms with Gasteiger partial charge in [0.15, 0.2) is 0 Å². The number of rotatable bonds is 7. The SMILES string of the molecule is CC(C)(C#N)CCCNCCC(=O)O. The summed E-state index contributed by atoms with van der Waals surface area (Å²) in [6.07, 6.45) is 1.89. The summed E-state index contributed by atoms with van der Waals surface area (Å²) >= 11 is 0. The highest BCUT2D eigenvalue weighted by molar-refractivity contribution is 5.66. The molecule has 0 heterocycles. The summed E-state index contributed by atoms with van der Waals surface area (Å²) in [6, 6.07) is 2.23. The van der Waals surface area contributed by atoms with E-state index in [4.69, 9.17) is 10.4 Å². The van der Waals surface area contributed by atoms with Crippen molar-refractivity contribution in [3.8, 4) is 6.07 Å². The minimum Gasteiger partial charge on any atom is -0.481 e. The van der Waals surface area contributed by atoms with Gasteiger partial charge in [-0.1, -0.05) is 0 Å². The van der Waals surface area contributed by atoms with Gasteiger partial charge < -0.3 is 10.4 Å². The third-order valence-corrected chi connectivity index (χ3v) is 1.97. The number of nitriles is 1. The number of carbonyl (C=O) groups is 1. The van der Waals surface area contributed by atoms with Crippen molar-refractivity contribution in [2.24, 2.45) is 5.41 Å². The van der Waals surface area contributed by atoms with E-state index >= 15 is 0 Å². The number of hydrogen-bond acceptors (Lipinski definition) is 3. The summed E-state index contributed by atoms with van der Waals surface area (Å²) < 4.78 is 0. The van der Waals surface area contributed by atoms with Crippen LogP contribution in [0.2, 0.25) is 0 Å². The summed E-state index contributed by atoms with van der Waals surface area (Å²) in [5, 5.41) is 20.1. The first-order valence-electron chi connectivity index (χ1n) is 4.82. The third-order valence-electron chi connectivity index (χ3n) is 1.97. The molecule has 0 aliphatic carbocycles. The maximum absolute atomic E-state index is 10.2. The van der Waals surface area contributed by atoms with Gasteiger partial charge in [0.25, 0.3) is 0 Å². The third kappa shape index (κ3) is 7.56. The second-order valence-electron chi connectivity index (χ2n) is 3.99. The van der Waals surface area contributed by atoms with Crippen molar-refractivity contribution in [3.05, 3.63) is 0 Å². The van der Waals surface area contributed by atoms with E-state index in [-0.39, 0.29) is 11.8 Å². The van der Waals surface area contributed by atoms with Gasteiger partial charge in [-0.25, -0.2) is 0 Å². The molecule has 0 radical (unpaired) electrons. The smallest absolute Gasteiger partial charge is 0.304 e. The number of carboxylic acid groups (broad SMARTS) is 1. The molecule has 0 aromatic rings. The lowest BCUT2D eigenvalue weighted by molar-refractivity contribution is -0.136. The summed E-state index contributed by atoms with van der Waals surface area (Å²) in [6.45, 7) is 5.09. The zero-order valence-electron chi connectivity index (χ0n) is 8.84. The molecule has 0 unspecified atom stereocenters. The Balaban J connectivity index is 3.31. The van der Waals surface area contributed by atoms with Crippen molar-refractivity contribution >= 4 is 5.97 Å². The van der Waals surface area contributed by atoms with Gasteiger partial charge in [-0.15, -0.1) is 0 Å². The molecule has 0 atom stereocenters. The van der Waals surface area contributed by atoms with Crippen molar-refractivity contribution in [3.63, 3.8) is 0 Å². The zero-order valence-corrected chi connectivity index (χ0v) is 8.84. The van der Waals surface area contributed by atoms with Gasteiger partial charge in [0, 0.05) is 6.54 Å². The first-order valence-corrected chi connectivity index (χ1v) is 4.82. The van der Waals surface area contributed by atoms with Crippen LogP contribution < -0.4 is 5.32 Å². The van der Waals surface area contributed by atoms with Gasteiger partial charge in [0.2, 0.25) is 0 Å². The van der Waals surface area contributed by atoms with Crippen molar-refractivity contribution in [1.29, 1.82) is 5.26 Å². The van der Waals surface area contributed by atoms with Crippen LogP contribution in [-0.4, -0.2) is 24.2 Å². The number of nitrogens with zero attached hydrogens (tertiary/aromatic N) is 1. The first-order chi connectivity index (χ1) is 6.48. The molecule has 14 heavy (non-hydrogen) atoms. The Kier molecular flexibility index (Phi) is 5.89. The number of hydrogen-bond donors (Lipinski definition) is 2. The summed E-state index contributed by atoms with van der Waals surface area (Å²) in [5.41, 5.74) is -0.269. The van der Waals surface area contributed by atoms with E-state index in [1.165, 1.54) is 0 Å². The molecular formula is C10H18N2O2. The number of carboxylic acids is 1. The fourth-order valence-electron chi connectivity index (χ4n) is 1.03. The Morgan fingerprint density at radius 3 is 2.64 bits per heavy atom. The fourth-order valence-corrected chi connectivity index (χ4v) is 1.03. The van der Waals surface area contributed by atoms with Crippen molar-refractivity contribution < 1.29 is 9.90 Å². The lowest BCUT2D eigenvalue weighted by atomic mass is 9.90. The largest absolute Gasteiger partial charge is 0.481 e. The van der Waals surface area contributed by atoms with E-state index in [9.17, 15) is 4.79 Å². The Hall–Kier alpha value is -1.08. The second kappa shape index (κ2) is 6.39. The van der Waals surface area contributed by atoms with Crippen LogP contribution in [-0.2, 0) is 4.79 Å². The van der Waals surface area contributed by atoms with Crippen LogP contribution in [0.5, 0.6) is 0 Å². The maximum Gasteiger partial charge on any atom is 0.304 e. The molecule has 0 aromatic carbocycles. The molecule has 2 N–H and O–H groups in total. The topological polar surface area (TPSA) is 73.1 Å². The molecular weight excluding hydrogens is 180 g/mol. The molecule has 0 spiro atoms. The quantitative estimate of drug-likeness (QED) is 0.606. The molecule has 0 fully saturated rings. The van der Waals surface area contributed by atoms with E-state index < -0.39 is 5.97 Å². The minimum atomic E-state index is -0.783. The van der Waals surface area contributed by atoms with E-state index in [2.05, 4.69) is 11.4 Å². The van der Waals surface area contributed by atoms with E-state index in [1.807, 2.05) is 13.8 Å². The molecule has 0 bridgehead atoms. The van der Waals surface area contributed by atoms with Gasteiger partial charge in [-0.2, -0.15) is 5.26 Å². The minimum absolute atomic E-state index is 0.154. The average molecular weight is 198 g/mol. The molecule has 0 rings (SSSR count). The molecule has 0 aliphatic heterocycles. The monoisotopic (exact) mass is 198 g/mol. The van der Waals surface area contributed by atoms with Gasteiger partial charge in [0.05, 0.1) is 17.9 Å². The van der Waals surface area contributed by atoms with Crippen LogP contribution in [0.4, 0.5) is 0 Å². The van der Waals surface area contributed by atoms with Crippen LogP contribution in [0.25, 0.3) is 0 Å². The molecule has 0 saturated carbocycles. The number of aliphatic carboxylic acids is 1. The van der Waals surface area contributed by atoms with Gasteiger partial charge in [0.1, 0.15) is 0 Å². The van der Waals surface area contributed by atoms with Gasteiger partial charge >= 0.3 is 5.97 Å². The Bertz CT molecular complexity index is 219. The maximum atomic E-state index is 10.2. The Labute approximate surface area is 84.9 Å². The standard InChI is InChI=1S/C10H18N2O2/c1-10(2,8-11)5-3-6-12-7-4-9(13)14/h12H,3-7H2,1-2H3,(H,13,14). The van der Waals surface area contributed by atoms with Gasteiger partial charge in [-0.05, 0) is 33.2 Å². The van der Waals surface area contributed by atoms with E-state index in [0.717, 1.165) is 19.4 Å². The predicted octanol–water partition coefficient (Wildman–Crippen LogP) is 1.38. The second-order valence-corrected chi connectivity index (χ2v) is 3.99. The molecule has 80 valence electrons. The highest BCUT2D eigenvalue weighted by Crippen LogP contribution is 2.19. The highest BCUT2D eigenvalue weighted by Gasteiger charge is 2.15. The molecule has 4 heteroatoms. The molecule has 0 aromatic heterocycles. The lowest BCUT2D eigenvalue weighted by Gasteiger charge is -2.14. The van der Waals surface area contributed by atoms with Crippen molar-refractivity contribution in [1.82, 2.24) is 5.32 Å². The Morgan fingerprint density at radius 2 is 2.14 bits per heavy atom. The fraction of sp³-hybridized carbons (Fsp3) is 0.800. The molecule has 0 saturated heterocycles. The molecule has 0 amide bonds. The van der Waals surface area contributed by atoms with E-state index in [0.29, 0.717) is 6.54 Å². The van der Waals surface area contributed by atoms with Crippen LogP contribution >= 0.6 is 0 Å². The molecule has 0 aliphatic rings. The Morgan fingerprint density at radius 1 is 1.50 bits per heavy atom. The predicted molar refractivity (Wildman–Crippen MR) is 53.8 cm³/mol. The van der Waals surface area contributed by atoms with Crippen molar-refractivity contribution in [2.75, 3.05) is 13.1 Å². The first kappa shape index (κ1) is 12.9. The van der Waals surface area contributed by atoms with Crippen molar-refractivity contribution in [2.45, 2.75) is 33.1 Å². The van der Waals surface area contributed by atoms with Gasteiger partial charge in [-0.3, -0.25) is 4.79 Å². The van der Waals surface area contributed by atoms with E-state index in [1.54, 1.807) is 0 Å². The van der Waals surface area contributed by atoms with Crippen LogP contribution in [0.3, 0.4) is 0 Å².